The molecule has 19 heavy (non-hydrogen) atoms. The SMILES string of the molecule is Cc1cccc(OCC(=O)N[C@@H]2C=C[C@H](CO)C2)c1. The summed E-state index contributed by atoms with van der Waals surface area (Å²) >= 11 is 0. The summed E-state index contributed by atoms with van der Waals surface area (Å²) in [5, 5.41) is 11.9. The summed E-state index contributed by atoms with van der Waals surface area (Å²) < 4.78 is 5.43. The number of hydrogen-bond donors (Lipinski definition) is 2. The maximum absolute atomic E-state index is 11.7. The quantitative estimate of drug-likeness (QED) is 0.788. The second kappa shape index (κ2) is 6.38. The van der Waals surface area contributed by atoms with Crippen LogP contribution in [0.1, 0.15) is 12.0 Å². The fourth-order valence-corrected chi connectivity index (χ4v) is 2.12. The lowest BCUT2D eigenvalue weighted by Crippen LogP contribution is -2.36. The number of carbonyl (C=O) groups is 1. The molecule has 0 saturated carbocycles. The summed E-state index contributed by atoms with van der Waals surface area (Å²) in [6.07, 6.45) is 4.62. The van der Waals surface area contributed by atoms with Gasteiger partial charge in [-0.15, -0.1) is 0 Å². The summed E-state index contributed by atoms with van der Waals surface area (Å²) in [5.74, 6) is 0.711. The number of benzene rings is 1. The molecule has 2 N–H and O–H groups in total. The Hall–Kier alpha value is -1.81. The van der Waals surface area contributed by atoms with Crippen LogP contribution in [0.25, 0.3) is 0 Å². The fourth-order valence-electron chi connectivity index (χ4n) is 2.12. The first-order valence-corrected chi connectivity index (χ1v) is 6.45. The zero-order valence-corrected chi connectivity index (χ0v) is 11.0. The maximum atomic E-state index is 11.7. The van der Waals surface area contributed by atoms with Crippen LogP contribution in [0.2, 0.25) is 0 Å². The molecule has 4 nitrogen and oxygen atoms in total. The lowest BCUT2D eigenvalue weighted by Gasteiger charge is -2.13. The van der Waals surface area contributed by atoms with E-state index < -0.39 is 0 Å². The molecule has 0 saturated heterocycles. The summed E-state index contributed by atoms with van der Waals surface area (Å²) in [5.41, 5.74) is 1.10. The maximum Gasteiger partial charge on any atom is 0.258 e. The Kier molecular flexibility index (Phi) is 4.58. The van der Waals surface area contributed by atoms with Crippen molar-refractivity contribution in [2.24, 2.45) is 5.92 Å². The van der Waals surface area contributed by atoms with Crippen molar-refractivity contribution in [3.8, 4) is 5.75 Å². The zero-order valence-electron chi connectivity index (χ0n) is 11.0. The van der Waals surface area contributed by atoms with Gasteiger partial charge in [0.05, 0.1) is 0 Å². The number of aryl methyl sites for hydroxylation is 1. The number of hydrogen-bond acceptors (Lipinski definition) is 3. The molecule has 4 heteroatoms. The highest BCUT2D eigenvalue weighted by Crippen LogP contribution is 2.17. The van der Waals surface area contributed by atoms with Gasteiger partial charge in [-0.1, -0.05) is 24.3 Å². The number of carbonyl (C=O) groups excluding carboxylic acids is 1. The van der Waals surface area contributed by atoms with E-state index in [2.05, 4.69) is 5.32 Å². The first-order valence-electron chi connectivity index (χ1n) is 6.45. The number of aliphatic hydroxyl groups excluding tert-OH is 1. The van der Waals surface area contributed by atoms with Crippen molar-refractivity contribution in [3.63, 3.8) is 0 Å². The van der Waals surface area contributed by atoms with Gasteiger partial charge in [0.25, 0.3) is 5.91 Å². The van der Waals surface area contributed by atoms with Gasteiger partial charge in [0, 0.05) is 18.6 Å². The van der Waals surface area contributed by atoms with Gasteiger partial charge in [0.2, 0.25) is 0 Å². The van der Waals surface area contributed by atoms with Crippen LogP contribution in [0.5, 0.6) is 5.75 Å². The van der Waals surface area contributed by atoms with Gasteiger partial charge >= 0.3 is 0 Å². The van der Waals surface area contributed by atoms with E-state index in [1.807, 2.05) is 43.3 Å². The third-order valence-corrected chi connectivity index (χ3v) is 3.11. The normalized spacial score (nSPS) is 21.4. The predicted octanol–water partition coefficient (Wildman–Crippen LogP) is 1.43. The van der Waals surface area contributed by atoms with E-state index in [1.54, 1.807) is 0 Å². The van der Waals surface area contributed by atoms with E-state index in [0.717, 1.165) is 12.0 Å². The van der Waals surface area contributed by atoms with Gasteiger partial charge in [-0.2, -0.15) is 0 Å². The van der Waals surface area contributed by atoms with Crippen LogP contribution in [-0.2, 0) is 4.79 Å². The van der Waals surface area contributed by atoms with Crippen molar-refractivity contribution in [2.75, 3.05) is 13.2 Å². The summed E-state index contributed by atoms with van der Waals surface area (Å²) in [7, 11) is 0. The van der Waals surface area contributed by atoms with Crippen molar-refractivity contribution in [1.29, 1.82) is 0 Å². The van der Waals surface area contributed by atoms with Crippen molar-refractivity contribution in [1.82, 2.24) is 5.32 Å². The smallest absolute Gasteiger partial charge is 0.258 e. The minimum absolute atomic E-state index is 0.00533. The van der Waals surface area contributed by atoms with Crippen molar-refractivity contribution < 1.29 is 14.6 Å². The van der Waals surface area contributed by atoms with E-state index in [1.165, 1.54) is 0 Å². The molecule has 0 radical (unpaired) electrons. The first-order chi connectivity index (χ1) is 9.17. The molecular formula is C15H19NO3. The minimum Gasteiger partial charge on any atom is -0.484 e. The molecule has 2 rings (SSSR count). The molecule has 0 heterocycles. The molecule has 1 aromatic rings. The number of ether oxygens (including phenoxy) is 1. The third-order valence-electron chi connectivity index (χ3n) is 3.11. The van der Waals surface area contributed by atoms with Crippen LogP contribution >= 0.6 is 0 Å². The molecule has 0 aliphatic heterocycles. The molecule has 102 valence electrons. The van der Waals surface area contributed by atoms with Crippen LogP contribution in [0.15, 0.2) is 36.4 Å². The average molecular weight is 261 g/mol. The topological polar surface area (TPSA) is 58.6 Å². The van der Waals surface area contributed by atoms with Crippen LogP contribution in [0.4, 0.5) is 0 Å². The molecule has 1 aromatic carbocycles. The third kappa shape index (κ3) is 4.10. The molecule has 1 aliphatic carbocycles. The van der Waals surface area contributed by atoms with Crippen molar-refractivity contribution in [3.05, 3.63) is 42.0 Å². The Morgan fingerprint density at radius 2 is 2.32 bits per heavy atom. The lowest BCUT2D eigenvalue weighted by atomic mass is 10.1. The van der Waals surface area contributed by atoms with E-state index in [9.17, 15) is 4.79 Å². The average Bonchev–Trinajstić information content (AvgIpc) is 2.84. The van der Waals surface area contributed by atoms with E-state index in [-0.39, 0.29) is 31.1 Å². The molecule has 0 spiro atoms. The van der Waals surface area contributed by atoms with Crippen LogP contribution in [-0.4, -0.2) is 30.3 Å². The minimum atomic E-state index is -0.144. The van der Waals surface area contributed by atoms with Gasteiger partial charge < -0.3 is 15.2 Å². The Labute approximate surface area is 113 Å². The zero-order chi connectivity index (χ0) is 13.7. The van der Waals surface area contributed by atoms with Crippen LogP contribution in [0, 0.1) is 12.8 Å². The van der Waals surface area contributed by atoms with Crippen molar-refractivity contribution >= 4 is 5.91 Å². The Bertz CT molecular complexity index is 470. The fraction of sp³-hybridized carbons (Fsp3) is 0.400. The Morgan fingerprint density at radius 3 is 3.00 bits per heavy atom. The Balaban J connectivity index is 1.75. The van der Waals surface area contributed by atoms with Gasteiger partial charge in [0.1, 0.15) is 5.75 Å². The molecule has 0 bridgehead atoms. The van der Waals surface area contributed by atoms with Gasteiger partial charge in [-0.05, 0) is 31.0 Å². The van der Waals surface area contributed by atoms with E-state index in [4.69, 9.17) is 9.84 Å². The molecule has 0 aromatic heterocycles. The summed E-state index contributed by atoms with van der Waals surface area (Å²) in [6, 6.07) is 7.60. The standard InChI is InChI=1S/C15H19NO3/c1-11-3-2-4-14(7-11)19-10-15(18)16-13-6-5-12(8-13)9-17/h2-7,12-13,17H,8-10H2,1H3,(H,16,18)/t12-,13+/m0/s1. The highest BCUT2D eigenvalue weighted by Gasteiger charge is 2.19. The largest absolute Gasteiger partial charge is 0.484 e. The Morgan fingerprint density at radius 1 is 1.47 bits per heavy atom. The van der Waals surface area contributed by atoms with E-state index in [0.29, 0.717) is 5.75 Å². The first kappa shape index (κ1) is 13.6. The molecule has 0 unspecified atom stereocenters. The van der Waals surface area contributed by atoms with Crippen LogP contribution < -0.4 is 10.1 Å². The molecule has 1 aliphatic rings. The van der Waals surface area contributed by atoms with E-state index >= 15 is 0 Å². The second-order valence-electron chi connectivity index (χ2n) is 4.84. The van der Waals surface area contributed by atoms with Crippen molar-refractivity contribution in [2.45, 2.75) is 19.4 Å². The van der Waals surface area contributed by atoms with Gasteiger partial charge in [-0.3, -0.25) is 4.79 Å². The van der Waals surface area contributed by atoms with Gasteiger partial charge in [-0.25, -0.2) is 0 Å². The second-order valence-corrected chi connectivity index (χ2v) is 4.84. The molecule has 1 amide bonds. The monoisotopic (exact) mass is 261 g/mol. The van der Waals surface area contributed by atoms with Gasteiger partial charge in [0.15, 0.2) is 6.61 Å². The van der Waals surface area contributed by atoms with Crippen LogP contribution in [0.3, 0.4) is 0 Å². The number of aliphatic hydroxyl groups is 1. The number of nitrogens with one attached hydrogen (secondary N) is 1. The summed E-state index contributed by atoms with van der Waals surface area (Å²) in [4.78, 5) is 11.7. The molecular weight excluding hydrogens is 242 g/mol. The lowest BCUT2D eigenvalue weighted by molar-refractivity contribution is -0.123. The molecule has 0 fully saturated rings. The number of rotatable bonds is 5. The summed E-state index contributed by atoms with van der Waals surface area (Å²) in [6.45, 7) is 2.12. The number of amides is 1. The highest BCUT2D eigenvalue weighted by atomic mass is 16.5. The molecule has 2 atom stereocenters. The predicted molar refractivity (Wildman–Crippen MR) is 72.9 cm³/mol. The highest BCUT2D eigenvalue weighted by molar-refractivity contribution is 5.78.